The predicted octanol–water partition coefficient (Wildman–Crippen LogP) is 2.29. The summed E-state index contributed by atoms with van der Waals surface area (Å²) in [6, 6.07) is 1.59. The zero-order valence-corrected chi connectivity index (χ0v) is 17.9. The number of hydrogen-bond donors (Lipinski definition) is 2. The van der Waals surface area contributed by atoms with Gasteiger partial charge in [-0.2, -0.15) is 0 Å². The summed E-state index contributed by atoms with van der Waals surface area (Å²) in [6.07, 6.45) is 3.12. The maximum Gasteiger partial charge on any atom is 0.255 e. The number of ether oxygens (including phenoxy) is 2. The van der Waals surface area contributed by atoms with Crippen molar-refractivity contribution < 1.29 is 19.1 Å². The van der Waals surface area contributed by atoms with Crippen LogP contribution in [0.25, 0.3) is 0 Å². The average molecular weight is 424 g/mol. The number of fused-ring (bicyclic) bond motifs is 1. The van der Waals surface area contributed by atoms with E-state index in [0.29, 0.717) is 48.0 Å². The normalized spacial score (nSPS) is 21.5. The van der Waals surface area contributed by atoms with E-state index in [4.69, 9.17) is 26.8 Å². The maximum absolute atomic E-state index is 12.8. The van der Waals surface area contributed by atoms with Gasteiger partial charge in [-0.15, -0.1) is 0 Å². The van der Waals surface area contributed by atoms with Gasteiger partial charge in [0.25, 0.3) is 5.91 Å². The lowest BCUT2D eigenvalue weighted by Gasteiger charge is -2.37. The molecule has 29 heavy (non-hydrogen) atoms. The van der Waals surface area contributed by atoms with Crippen LogP contribution in [0.2, 0.25) is 5.02 Å². The van der Waals surface area contributed by atoms with Crippen LogP contribution < -0.4 is 15.8 Å². The van der Waals surface area contributed by atoms with Crippen molar-refractivity contribution in [1.29, 1.82) is 0 Å². The van der Waals surface area contributed by atoms with E-state index >= 15 is 0 Å². The third-order valence-corrected chi connectivity index (χ3v) is 6.14. The van der Waals surface area contributed by atoms with Crippen molar-refractivity contribution in [2.24, 2.45) is 5.92 Å². The van der Waals surface area contributed by atoms with Gasteiger partial charge >= 0.3 is 0 Å². The number of carbonyl (C=O) groups is 2. The summed E-state index contributed by atoms with van der Waals surface area (Å²) in [7, 11) is 1.71. The second-order valence-corrected chi connectivity index (χ2v) is 8.27. The highest BCUT2D eigenvalue weighted by Gasteiger charge is 2.30. The number of rotatable bonds is 8. The van der Waals surface area contributed by atoms with Gasteiger partial charge in [0.2, 0.25) is 0 Å². The van der Waals surface area contributed by atoms with Crippen LogP contribution in [-0.2, 0) is 16.0 Å². The Balaban J connectivity index is 1.56. The number of anilines is 1. The number of ketones is 1. The van der Waals surface area contributed by atoms with Crippen molar-refractivity contribution in [3.05, 3.63) is 22.2 Å². The van der Waals surface area contributed by atoms with Gasteiger partial charge in [0.15, 0.2) is 0 Å². The molecule has 2 aliphatic heterocycles. The number of piperidine rings is 1. The lowest BCUT2D eigenvalue weighted by atomic mass is 9.93. The predicted molar refractivity (Wildman–Crippen MR) is 113 cm³/mol. The van der Waals surface area contributed by atoms with Crippen molar-refractivity contribution in [2.45, 2.75) is 38.7 Å². The van der Waals surface area contributed by atoms with Gasteiger partial charge in [0.1, 0.15) is 11.5 Å². The first-order valence-electron chi connectivity index (χ1n) is 10.2. The first kappa shape index (κ1) is 21.9. The molecule has 0 saturated carbocycles. The van der Waals surface area contributed by atoms with Crippen molar-refractivity contribution >= 4 is 29.0 Å². The van der Waals surface area contributed by atoms with E-state index in [1.165, 1.54) is 0 Å². The lowest BCUT2D eigenvalue weighted by molar-refractivity contribution is -0.117. The lowest BCUT2D eigenvalue weighted by Crippen LogP contribution is -2.48. The fraction of sp³-hybridized carbons (Fsp3) is 0.619. The molecule has 8 heteroatoms. The minimum Gasteiger partial charge on any atom is -0.492 e. The molecule has 0 aromatic heterocycles. The quantitative estimate of drug-likeness (QED) is 0.623. The summed E-state index contributed by atoms with van der Waals surface area (Å²) in [5.41, 5.74) is 7.76. The zero-order chi connectivity index (χ0) is 21.0. The molecular formula is C21H30ClN3O4. The number of carbonyl (C=O) groups excluding carboxylic acids is 2. The number of benzene rings is 1. The van der Waals surface area contributed by atoms with Gasteiger partial charge in [-0.25, -0.2) is 0 Å². The number of likely N-dealkylation sites (tertiary alicyclic amines) is 1. The molecule has 2 heterocycles. The Hall–Kier alpha value is -1.83. The van der Waals surface area contributed by atoms with E-state index in [1.807, 2.05) is 0 Å². The van der Waals surface area contributed by atoms with E-state index in [-0.39, 0.29) is 23.7 Å². The Kier molecular flexibility index (Phi) is 7.38. The highest BCUT2D eigenvalue weighted by molar-refractivity contribution is 6.33. The van der Waals surface area contributed by atoms with E-state index in [9.17, 15) is 9.59 Å². The zero-order valence-electron chi connectivity index (χ0n) is 17.1. The maximum atomic E-state index is 12.8. The number of Topliss-reactive ketones (excluding diaryl/α,β-unsaturated/α-hetero) is 1. The summed E-state index contributed by atoms with van der Waals surface area (Å²) >= 11 is 6.21. The monoisotopic (exact) mass is 423 g/mol. The molecule has 2 aliphatic rings. The van der Waals surface area contributed by atoms with Crippen LogP contribution in [0.1, 0.15) is 42.1 Å². The topological polar surface area (TPSA) is 93.9 Å². The molecule has 0 aliphatic carbocycles. The van der Waals surface area contributed by atoms with Gasteiger partial charge in [0, 0.05) is 44.5 Å². The van der Waals surface area contributed by atoms with Crippen LogP contribution in [0.5, 0.6) is 5.75 Å². The number of nitrogens with two attached hydrogens (primary N) is 1. The first-order chi connectivity index (χ1) is 13.9. The standard InChI is InChI=1S/C21H30ClN3O4/c1-13(26)4-3-7-25-8-5-14(18(12-25)28-2)11-24-21(27)16-10-17(22)19(23)15-6-9-29-20(15)16/h10,14,18H,3-9,11-12,23H2,1-2H3,(H,24,27)/t14-,18+/m0/s1. The van der Waals surface area contributed by atoms with E-state index in [0.717, 1.165) is 38.0 Å². The number of nitrogens with zero attached hydrogens (tertiary/aromatic N) is 1. The average Bonchev–Trinajstić information content (AvgIpc) is 3.19. The van der Waals surface area contributed by atoms with Gasteiger partial charge in [-0.3, -0.25) is 4.79 Å². The Morgan fingerprint density at radius 3 is 2.97 bits per heavy atom. The van der Waals surface area contributed by atoms with Gasteiger partial charge < -0.3 is 30.2 Å². The van der Waals surface area contributed by atoms with Crippen molar-refractivity contribution in [2.75, 3.05) is 45.6 Å². The van der Waals surface area contributed by atoms with Crippen LogP contribution in [0.4, 0.5) is 5.69 Å². The third-order valence-electron chi connectivity index (χ3n) is 5.83. The van der Waals surface area contributed by atoms with Crippen LogP contribution in [0, 0.1) is 5.92 Å². The highest BCUT2D eigenvalue weighted by Crippen LogP contribution is 2.38. The largest absolute Gasteiger partial charge is 0.492 e. The van der Waals surface area contributed by atoms with Gasteiger partial charge in [-0.1, -0.05) is 11.6 Å². The molecule has 3 rings (SSSR count). The molecule has 1 aromatic rings. The van der Waals surface area contributed by atoms with E-state index < -0.39 is 0 Å². The molecule has 0 unspecified atom stereocenters. The van der Waals surface area contributed by atoms with E-state index in [2.05, 4.69) is 10.2 Å². The number of nitrogens with one attached hydrogen (secondary N) is 1. The second kappa shape index (κ2) is 9.78. The Labute approximate surface area is 176 Å². The molecule has 0 bridgehead atoms. The van der Waals surface area contributed by atoms with E-state index in [1.54, 1.807) is 20.1 Å². The summed E-state index contributed by atoms with van der Waals surface area (Å²) in [4.78, 5) is 26.3. The van der Waals surface area contributed by atoms with Gasteiger partial charge in [0.05, 0.1) is 29.0 Å². The molecule has 0 radical (unpaired) electrons. The fourth-order valence-corrected chi connectivity index (χ4v) is 4.36. The third kappa shape index (κ3) is 5.21. The number of methoxy groups -OCH3 is 1. The summed E-state index contributed by atoms with van der Waals surface area (Å²) < 4.78 is 11.3. The van der Waals surface area contributed by atoms with Crippen molar-refractivity contribution in [3.8, 4) is 5.75 Å². The minimum absolute atomic E-state index is 0.0401. The SMILES string of the molecule is CO[C@@H]1CN(CCCC(C)=O)CC[C@H]1CNC(=O)c1cc(Cl)c(N)c2c1OCC2. The molecule has 0 spiro atoms. The summed E-state index contributed by atoms with van der Waals surface area (Å²) in [5.74, 6) is 0.798. The highest BCUT2D eigenvalue weighted by atomic mass is 35.5. The molecule has 3 N–H and O–H groups in total. The number of nitrogen functional groups attached to an aromatic ring is 1. The number of halogens is 1. The van der Waals surface area contributed by atoms with Crippen molar-refractivity contribution in [3.63, 3.8) is 0 Å². The molecule has 7 nitrogen and oxygen atoms in total. The number of hydrogen-bond acceptors (Lipinski definition) is 6. The molecule has 1 fully saturated rings. The minimum atomic E-state index is -0.205. The van der Waals surface area contributed by atoms with Gasteiger partial charge in [-0.05, 0) is 38.9 Å². The fourth-order valence-electron chi connectivity index (χ4n) is 4.14. The van der Waals surface area contributed by atoms with Crippen LogP contribution in [-0.4, -0.2) is 62.6 Å². The van der Waals surface area contributed by atoms with Crippen LogP contribution >= 0.6 is 11.6 Å². The summed E-state index contributed by atoms with van der Waals surface area (Å²) in [6.45, 7) is 5.29. The van der Waals surface area contributed by atoms with Crippen LogP contribution in [0.3, 0.4) is 0 Å². The Bertz CT molecular complexity index is 771. The summed E-state index contributed by atoms with van der Waals surface area (Å²) in [5, 5.41) is 3.40. The molecule has 1 amide bonds. The Morgan fingerprint density at radius 2 is 2.24 bits per heavy atom. The molecule has 2 atom stereocenters. The van der Waals surface area contributed by atoms with Crippen molar-refractivity contribution in [1.82, 2.24) is 10.2 Å². The first-order valence-corrected chi connectivity index (χ1v) is 10.5. The molecule has 160 valence electrons. The van der Waals surface area contributed by atoms with Crippen LogP contribution in [0.15, 0.2) is 6.07 Å². The molecule has 1 saturated heterocycles. The Morgan fingerprint density at radius 1 is 1.45 bits per heavy atom. The molecule has 1 aromatic carbocycles. The smallest absolute Gasteiger partial charge is 0.255 e. The second-order valence-electron chi connectivity index (χ2n) is 7.86. The number of amides is 1. The molecular weight excluding hydrogens is 394 g/mol.